The van der Waals surface area contributed by atoms with Gasteiger partial charge in [0.25, 0.3) is 5.56 Å². The summed E-state index contributed by atoms with van der Waals surface area (Å²) in [4.78, 5) is 14.8. The number of hydrogen-bond donors (Lipinski definition) is 1. The van der Waals surface area contributed by atoms with Crippen molar-refractivity contribution in [2.75, 3.05) is 7.18 Å². The molecule has 2 heterocycles. The van der Waals surface area contributed by atoms with Crippen molar-refractivity contribution in [2.45, 2.75) is 20.8 Å². The predicted molar refractivity (Wildman–Crippen MR) is 91.6 cm³/mol. The summed E-state index contributed by atoms with van der Waals surface area (Å²) < 4.78 is 11.2. The minimum absolute atomic E-state index is 0.139. The Bertz CT molecular complexity index is 775. The molecular weight excluding hydrogens is 303 g/mol. The van der Waals surface area contributed by atoms with Crippen molar-refractivity contribution in [2.24, 2.45) is 0 Å². The standard InChI is InChI=1S/C14H11ClN2O.C2H6.CH3F/c1-9-2-4-10(5-3-9)12-8-17-7-11(15)6-13(17)14(18)16-12;2*1-2/h2-8H,1H3,(H,16,18);1-2H3;1H3. The van der Waals surface area contributed by atoms with E-state index in [0.29, 0.717) is 17.7 Å². The molecule has 0 saturated carbocycles. The van der Waals surface area contributed by atoms with Crippen molar-refractivity contribution in [3.8, 4) is 11.3 Å². The second kappa shape index (κ2) is 8.39. The summed E-state index contributed by atoms with van der Waals surface area (Å²) in [5, 5.41) is 0.557. The Labute approximate surface area is 134 Å². The smallest absolute Gasteiger partial charge is 0.272 e. The van der Waals surface area contributed by atoms with E-state index in [4.69, 9.17) is 11.6 Å². The molecule has 0 spiro atoms. The number of H-pyrrole nitrogens is 1. The Kier molecular flexibility index (Phi) is 6.86. The third-order valence-corrected chi connectivity index (χ3v) is 3.13. The molecule has 0 radical (unpaired) electrons. The van der Waals surface area contributed by atoms with Gasteiger partial charge >= 0.3 is 0 Å². The lowest BCUT2D eigenvalue weighted by Crippen LogP contribution is -2.09. The molecule has 1 N–H and O–H groups in total. The molecule has 0 aliphatic rings. The Morgan fingerprint density at radius 2 is 1.68 bits per heavy atom. The number of hydrogen-bond acceptors (Lipinski definition) is 1. The Hall–Kier alpha value is -2.07. The number of aryl methyl sites for hydroxylation is 1. The molecule has 0 amide bonds. The monoisotopic (exact) mass is 322 g/mol. The summed E-state index contributed by atoms with van der Waals surface area (Å²) in [6, 6.07) is 9.65. The van der Waals surface area contributed by atoms with Crippen molar-refractivity contribution in [1.29, 1.82) is 0 Å². The van der Waals surface area contributed by atoms with Gasteiger partial charge in [-0.1, -0.05) is 55.3 Å². The highest BCUT2D eigenvalue weighted by Gasteiger charge is 2.05. The van der Waals surface area contributed by atoms with Crippen LogP contribution in [0.4, 0.5) is 4.39 Å². The van der Waals surface area contributed by atoms with E-state index in [2.05, 4.69) is 4.98 Å². The lowest BCUT2D eigenvalue weighted by molar-refractivity contribution is 0.636. The zero-order chi connectivity index (χ0) is 16.7. The molecule has 0 bridgehead atoms. The van der Waals surface area contributed by atoms with Crippen LogP contribution in [0.3, 0.4) is 0 Å². The minimum atomic E-state index is -0.139. The molecule has 2 aromatic heterocycles. The van der Waals surface area contributed by atoms with Gasteiger partial charge < -0.3 is 9.38 Å². The number of benzene rings is 1. The van der Waals surface area contributed by atoms with Gasteiger partial charge in [-0.15, -0.1) is 0 Å². The van der Waals surface area contributed by atoms with Crippen molar-refractivity contribution in [3.63, 3.8) is 0 Å². The van der Waals surface area contributed by atoms with Crippen LogP contribution in [0.2, 0.25) is 5.02 Å². The summed E-state index contributed by atoms with van der Waals surface area (Å²) in [7, 11) is 0.500. The summed E-state index contributed by atoms with van der Waals surface area (Å²) >= 11 is 5.90. The molecule has 3 rings (SSSR count). The van der Waals surface area contributed by atoms with Crippen LogP contribution < -0.4 is 5.56 Å². The highest BCUT2D eigenvalue weighted by Crippen LogP contribution is 2.18. The highest BCUT2D eigenvalue weighted by atomic mass is 35.5. The molecule has 0 saturated heterocycles. The van der Waals surface area contributed by atoms with Gasteiger partial charge in [0, 0.05) is 12.4 Å². The first kappa shape index (κ1) is 18.0. The number of nitrogens with zero attached hydrogens (tertiary/aromatic N) is 1. The number of alkyl halides is 1. The van der Waals surface area contributed by atoms with E-state index < -0.39 is 0 Å². The molecule has 118 valence electrons. The molecule has 5 heteroatoms. The maximum atomic E-state index is 11.9. The number of fused-ring (bicyclic) bond motifs is 1. The molecule has 1 aromatic carbocycles. The second-order valence-electron chi connectivity index (χ2n) is 4.31. The zero-order valence-electron chi connectivity index (χ0n) is 13.2. The van der Waals surface area contributed by atoms with Gasteiger partial charge in [-0.3, -0.25) is 9.18 Å². The van der Waals surface area contributed by atoms with Crippen LogP contribution in [0.25, 0.3) is 16.8 Å². The molecule has 0 unspecified atom stereocenters. The lowest BCUT2D eigenvalue weighted by Gasteiger charge is -2.03. The Morgan fingerprint density at radius 3 is 2.27 bits per heavy atom. The van der Waals surface area contributed by atoms with Crippen LogP contribution in [-0.2, 0) is 0 Å². The van der Waals surface area contributed by atoms with Gasteiger partial charge in [0.15, 0.2) is 0 Å². The fourth-order valence-electron chi connectivity index (χ4n) is 1.97. The van der Waals surface area contributed by atoms with Gasteiger partial charge in [0.05, 0.1) is 17.9 Å². The zero-order valence-corrected chi connectivity index (χ0v) is 13.9. The molecule has 3 nitrogen and oxygen atoms in total. The molecule has 0 aliphatic heterocycles. The number of aromatic amines is 1. The second-order valence-corrected chi connectivity index (χ2v) is 4.75. The average Bonchev–Trinajstić information content (AvgIpc) is 2.93. The van der Waals surface area contributed by atoms with Gasteiger partial charge in [0.1, 0.15) is 5.52 Å². The molecule has 0 aliphatic carbocycles. The molecule has 22 heavy (non-hydrogen) atoms. The quantitative estimate of drug-likeness (QED) is 0.682. The van der Waals surface area contributed by atoms with Crippen molar-refractivity contribution >= 4 is 17.1 Å². The first-order chi connectivity index (χ1) is 10.6. The molecule has 3 aromatic rings. The molecular formula is C17H20ClFN2O. The summed E-state index contributed by atoms with van der Waals surface area (Å²) in [5.41, 5.74) is 3.35. The Balaban J connectivity index is 0.000000561. The number of rotatable bonds is 1. The normalized spacial score (nSPS) is 9.55. The molecule has 0 fully saturated rings. The van der Waals surface area contributed by atoms with Crippen LogP contribution in [0.5, 0.6) is 0 Å². The summed E-state index contributed by atoms with van der Waals surface area (Å²) in [6.07, 6.45) is 3.59. The van der Waals surface area contributed by atoms with E-state index in [9.17, 15) is 9.18 Å². The van der Waals surface area contributed by atoms with Crippen LogP contribution in [0.1, 0.15) is 19.4 Å². The highest BCUT2D eigenvalue weighted by molar-refractivity contribution is 6.31. The maximum absolute atomic E-state index is 11.9. The molecule has 0 atom stereocenters. The van der Waals surface area contributed by atoms with E-state index in [0.717, 1.165) is 11.3 Å². The van der Waals surface area contributed by atoms with Crippen molar-refractivity contribution in [1.82, 2.24) is 9.38 Å². The summed E-state index contributed by atoms with van der Waals surface area (Å²) in [5.74, 6) is 0. The largest absolute Gasteiger partial charge is 0.319 e. The van der Waals surface area contributed by atoms with E-state index >= 15 is 0 Å². The van der Waals surface area contributed by atoms with Crippen LogP contribution >= 0.6 is 11.6 Å². The van der Waals surface area contributed by atoms with Crippen LogP contribution in [0.15, 0.2) is 47.5 Å². The van der Waals surface area contributed by atoms with Crippen molar-refractivity contribution < 1.29 is 4.39 Å². The first-order valence-electron chi connectivity index (χ1n) is 6.99. The van der Waals surface area contributed by atoms with E-state index in [1.165, 1.54) is 5.56 Å². The number of aromatic nitrogens is 2. The van der Waals surface area contributed by atoms with Gasteiger partial charge in [-0.05, 0) is 18.6 Å². The van der Waals surface area contributed by atoms with Gasteiger partial charge in [0.2, 0.25) is 0 Å². The van der Waals surface area contributed by atoms with E-state index in [-0.39, 0.29) is 5.56 Å². The third-order valence-electron chi connectivity index (χ3n) is 2.93. The van der Waals surface area contributed by atoms with Gasteiger partial charge in [-0.2, -0.15) is 0 Å². The number of nitrogens with one attached hydrogen (secondary N) is 1. The van der Waals surface area contributed by atoms with E-state index in [1.54, 1.807) is 16.7 Å². The maximum Gasteiger partial charge on any atom is 0.272 e. The predicted octanol–water partition coefficient (Wildman–Crippen LogP) is 4.87. The minimum Gasteiger partial charge on any atom is -0.319 e. The SMILES string of the molecule is CC.CF.Cc1ccc(-c2cn3cc(Cl)cc3c(=O)[nH]2)cc1. The topological polar surface area (TPSA) is 37.3 Å². The fourth-order valence-corrected chi connectivity index (χ4v) is 2.18. The van der Waals surface area contributed by atoms with E-state index in [1.807, 2.05) is 51.2 Å². The van der Waals surface area contributed by atoms with Crippen molar-refractivity contribution in [3.05, 3.63) is 63.7 Å². The third kappa shape index (κ3) is 3.98. The van der Waals surface area contributed by atoms with Gasteiger partial charge in [-0.25, -0.2) is 0 Å². The number of halogens is 2. The van der Waals surface area contributed by atoms with Crippen LogP contribution in [0, 0.1) is 6.92 Å². The summed E-state index contributed by atoms with van der Waals surface area (Å²) in [6.45, 7) is 6.03. The van der Waals surface area contributed by atoms with Crippen LogP contribution in [-0.4, -0.2) is 16.6 Å². The fraction of sp³-hybridized carbons (Fsp3) is 0.235. The average molecular weight is 323 g/mol. The Morgan fingerprint density at radius 1 is 1.09 bits per heavy atom. The lowest BCUT2D eigenvalue weighted by atomic mass is 10.1. The first-order valence-corrected chi connectivity index (χ1v) is 7.37.